The van der Waals surface area contributed by atoms with Crippen LogP contribution in [0.1, 0.15) is 5.56 Å². The average Bonchev–Trinajstić information content (AvgIpc) is 2.62. The second kappa shape index (κ2) is 8.03. The lowest BCUT2D eigenvalue weighted by Crippen LogP contribution is -2.39. The maximum Gasteiger partial charge on any atom is 0.573 e. The van der Waals surface area contributed by atoms with Gasteiger partial charge >= 0.3 is 6.36 Å². The van der Waals surface area contributed by atoms with Crippen LogP contribution in [-0.2, 0) is 21.2 Å². The number of alkyl halides is 3. The highest BCUT2D eigenvalue weighted by Crippen LogP contribution is 2.30. The summed E-state index contributed by atoms with van der Waals surface area (Å²) in [4.78, 5) is 12.2. The van der Waals surface area contributed by atoms with Crippen LogP contribution in [0.2, 0.25) is 0 Å². The molecule has 0 radical (unpaired) electrons. The van der Waals surface area contributed by atoms with Gasteiger partial charge in [-0.25, -0.2) is 0 Å². The number of fused-ring (bicyclic) bond motifs is 1. The molecule has 0 aliphatic carbocycles. The number of nitrogens with zero attached hydrogens (tertiary/aromatic N) is 1. The highest BCUT2D eigenvalue weighted by Gasteiger charge is 2.32. The minimum atomic E-state index is -4.84. The van der Waals surface area contributed by atoms with Crippen molar-refractivity contribution in [2.24, 2.45) is 4.40 Å². The molecule has 1 aliphatic rings. The van der Waals surface area contributed by atoms with E-state index in [1.807, 2.05) is 0 Å². The largest absolute Gasteiger partial charge is 0.573 e. The van der Waals surface area contributed by atoms with Gasteiger partial charge in [0.2, 0.25) is 5.84 Å². The Bertz CT molecular complexity index is 1090. The van der Waals surface area contributed by atoms with E-state index in [4.69, 9.17) is 0 Å². The molecular formula is C17H13BrF3N3O4S. The zero-order valence-electron chi connectivity index (χ0n) is 14.5. The second-order valence-corrected chi connectivity index (χ2v) is 8.33. The lowest BCUT2D eigenvalue weighted by molar-refractivity contribution is -0.274. The molecule has 0 bridgehead atoms. The molecule has 1 heterocycles. The van der Waals surface area contributed by atoms with Gasteiger partial charge in [-0.3, -0.25) is 4.79 Å². The number of anilines is 1. The molecule has 29 heavy (non-hydrogen) atoms. The van der Waals surface area contributed by atoms with Crippen LogP contribution in [0.4, 0.5) is 18.9 Å². The van der Waals surface area contributed by atoms with Crippen molar-refractivity contribution < 1.29 is 31.1 Å². The molecule has 0 saturated heterocycles. The van der Waals surface area contributed by atoms with Gasteiger partial charge < -0.3 is 15.4 Å². The quantitative estimate of drug-likeness (QED) is 0.669. The van der Waals surface area contributed by atoms with Crippen LogP contribution < -0.4 is 15.4 Å². The van der Waals surface area contributed by atoms with Crippen molar-refractivity contribution in [1.29, 1.82) is 0 Å². The number of para-hydroxylation sites is 1. The van der Waals surface area contributed by atoms with Crippen LogP contribution in [-0.4, -0.2) is 33.1 Å². The third-order valence-electron chi connectivity index (χ3n) is 3.78. The number of hydrogen-bond donors (Lipinski definition) is 2. The van der Waals surface area contributed by atoms with Gasteiger partial charge in [-0.15, -0.1) is 17.6 Å². The summed E-state index contributed by atoms with van der Waals surface area (Å²) in [6.45, 7) is -0.0645. The second-order valence-electron chi connectivity index (χ2n) is 5.84. The minimum Gasteiger partial charge on any atom is -0.406 e. The van der Waals surface area contributed by atoms with Crippen LogP contribution in [0, 0.1) is 0 Å². The maximum absolute atomic E-state index is 12.5. The summed E-state index contributed by atoms with van der Waals surface area (Å²) in [5.41, 5.74) is 0.420. The van der Waals surface area contributed by atoms with Gasteiger partial charge in [0, 0.05) is 11.0 Å². The Labute approximate surface area is 172 Å². The fourth-order valence-electron chi connectivity index (χ4n) is 2.56. The highest BCUT2D eigenvalue weighted by molar-refractivity contribution is 9.10. The molecule has 3 rings (SSSR count). The number of ether oxygens (including phenoxy) is 1. The molecule has 0 atom stereocenters. The summed E-state index contributed by atoms with van der Waals surface area (Å²) in [5, 5.41) is 5.06. The number of carbonyl (C=O) groups is 1. The zero-order chi connectivity index (χ0) is 21.2. The number of benzene rings is 2. The first kappa shape index (κ1) is 21.1. The Morgan fingerprint density at radius 3 is 2.66 bits per heavy atom. The normalized spacial score (nSPS) is 15.0. The molecular weight excluding hydrogens is 479 g/mol. The Morgan fingerprint density at radius 2 is 1.93 bits per heavy atom. The predicted molar refractivity (Wildman–Crippen MR) is 102 cm³/mol. The zero-order valence-corrected chi connectivity index (χ0v) is 16.9. The van der Waals surface area contributed by atoms with Crippen LogP contribution in [0.3, 0.4) is 0 Å². The van der Waals surface area contributed by atoms with Crippen molar-refractivity contribution in [3.8, 4) is 5.75 Å². The monoisotopic (exact) mass is 491 g/mol. The number of amides is 1. The topological polar surface area (TPSA) is 96.9 Å². The molecule has 2 N–H and O–H groups in total. The summed E-state index contributed by atoms with van der Waals surface area (Å²) in [6, 6.07) is 9.96. The van der Waals surface area contributed by atoms with E-state index in [-0.39, 0.29) is 34.9 Å². The summed E-state index contributed by atoms with van der Waals surface area (Å²) < 4.78 is 69.8. The summed E-state index contributed by atoms with van der Waals surface area (Å²) >= 11 is 3.17. The molecule has 12 heteroatoms. The number of halogens is 4. The van der Waals surface area contributed by atoms with Crippen molar-refractivity contribution >= 4 is 43.4 Å². The third-order valence-corrected chi connectivity index (χ3v) is 5.59. The van der Waals surface area contributed by atoms with E-state index < -0.39 is 28.1 Å². The number of amidine groups is 1. The fourth-order valence-corrected chi connectivity index (χ4v) is 4.21. The van der Waals surface area contributed by atoms with E-state index in [1.54, 1.807) is 6.07 Å². The Hall–Kier alpha value is -2.60. The van der Waals surface area contributed by atoms with Crippen molar-refractivity contribution in [2.45, 2.75) is 17.7 Å². The Balaban J connectivity index is 1.67. The molecule has 1 aliphatic heterocycles. The van der Waals surface area contributed by atoms with Gasteiger partial charge in [0.25, 0.3) is 15.9 Å². The molecule has 0 saturated carbocycles. The Kier molecular flexibility index (Phi) is 5.85. The van der Waals surface area contributed by atoms with Gasteiger partial charge in [0.1, 0.15) is 10.6 Å². The third kappa shape index (κ3) is 5.26. The van der Waals surface area contributed by atoms with Gasteiger partial charge in [0.05, 0.1) is 5.69 Å². The van der Waals surface area contributed by atoms with Gasteiger partial charge in [-0.2, -0.15) is 8.42 Å². The smallest absolute Gasteiger partial charge is 0.406 e. The molecule has 1 amide bonds. The summed E-state index contributed by atoms with van der Waals surface area (Å²) in [6.07, 6.45) is -4.81. The minimum absolute atomic E-state index is 0.0293. The molecule has 154 valence electrons. The van der Waals surface area contributed by atoms with E-state index >= 15 is 0 Å². The average molecular weight is 492 g/mol. The number of sulfonamides is 1. The van der Waals surface area contributed by atoms with Gasteiger partial charge in [0.15, 0.2) is 0 Å². The molecule has 2 aromatic rings. The maximum atomic E-state index is 12.5. The lowest BCUT2D eigenvalue weighted by Gasteiger charge is -2.18. The number of nitrogens with one attached hydrogen (secondary N) is 2. The van der Waals surface area contributed by atoms with E-state index in [9.17, 15) is 26.4 Å². The molecule has 0 unspecified atom stereocenters. The van der Waals surface area contributed by atoms with Crippen molar-refractivity contribution in [1.82, 2.24) is 5.32 Å². The molecule has 0 spiro atoms. The van der Waals surface area contributed by atoms with Crippen molar-refractivity contribution in [2.75, 3.05) is 11.9 Å². The van der Waals surface area contributed by atoms with E-state index in [1.165, 1.54) is 36.4 Å². The first-order chi connectivity index (χ1) is 13.5. The van der Waals surface area contributed by atoms with E-state index in [0.717, 1.165) is 0 Å². The molecule has 7 nitrogen and oxygen atoms in total. The number of carbonyl (C=O) groups excluding carboxylic acids is 1. The number of hydrogen-bond acceptors (Lipinski definition) is 5. The van der Waals surface area contributed by atoms with Crippen molar-refractivity contribution in [3.05, 3.63) is 52.5 Å². The molecule has 0 fully saturated rings. The van der Waals surface area contributed by atoms with Crippen LogP contribution >= 0.6 is 15.9 Å². The van der Waals surface area contributed by atoms with Crippen LogP contribution in [0.15, 0.2) is 56.2 Å². The number of rotatable bonds is 5. The predicted octanol–water partition coefficient (Wildman–Crippen LogP) is 3.22. The van der Waals surface area contributed by atoms with Crippen LogP contribution in [0.25, 0.3) is 0 Å². The standard InChI is InChI=1S/C17H13BrF3N3O4S/c18-11-5-6-12-14(9-11)29(26,27)24-15(23-12)16(25)22-8-7-10-3-1-2-4-13(10)28-17(19,20)21/h1-6,9H,7-8H2,(H,22,25)(H,23,24). The SMILES string of the molecule is O=C(NCCc1ccccc1OC(F)(F)F)C1=NS(=O)(=O)c2cc(Br)ccc2N1. The Morgan fingerprint density at radius 1 is 1.21 bits per heavy atom. The fraction of sp³-hybridized carbons (Fsp3) is 0.176. The lowest BCUT2D eigenvalue weighted by atomic mass is 10.1. The van der Waals surface area contributed by atoms with E-state index in [2.05, 4.69) is 35.7 Å². The highest BCUT2D eigenvalue weighted by atomic mass is 79.9. The molecule has 0 aromatic heterocycles. The van der Waals surface area contributed by atoms with Gasteiger partial charge in [-0.05, 0) is 36.2 Å². The molecule has 2 aromatic carbocycles. The van der Waals surface area contributed by atoms with Gasteiger partial charge in [-0.1, -0.05) is 34.1 Å². The summed E-state index contributed by atoms with van der Waals surface area (Å²) in [7, 11) is -4.07. The van der Waals surface area contributed by atoms with Crippen molar-refractivity contribution in [3.63, 3.8) is 0 Å². The first-order valence-corrected chi connectivity index (χ1v) is 10.3. The first-order valence-electron chi connectivity index (χ1n) is 8.08. The summed E-state index contributed by atoms with van der Waals surface area (Å²) in [5.74, 6) is -1.61. The van der Waals surface area contributed by atoms with Crippen LogP contribution in [0.5, 0.6) is 5.75 Å². The van der Waals surface area contributed by atoms with E-state index in [0.29, 0.717) is 4.47 Å².